The van der Waals surface area contributed by atoms with Crippen molar-refractivity contribution in [3.05, 3.63) is 21.4 Å². The van der Waals surface area contributed by atoms with Crippen molar-refractivity contribution >= 4 is 23.2 Å². The summed E-state index contributed by atoms with van der Waals surface area (Å²) in [6, 6.07) is 2.19. The molecular formula is C15H19NO3S. The molecule has 0 aliphatic heterocycles. The number of amides is 1. The Hall–Kier alpha value is -1.36. The van der Waals surface area contributed by atoms with Gasteiger partial charge in [0.1, 0.15) is 0 Å². The SMILES string of the molecule is O=C(O)[C@H]1CCC[C@H]1C(=O)NCc1cc2c(s1)CCC2. The molecule has 3 rings (SSSR count). The molecule has 2 aliphatic rings. The summed E-state index contributed by atoms with van der Waals surface area (Å²) in [6.45, 7) is 0.541. The normalized spacial score (nSPS) is 24.6. The van der Waals surface area contributed by atoms with E-state index < -0.39 is 11.9 Å². The number of carboxylic acids is 1. The van der Waals surface area contributed by atoms with Crippen molar-refractivity contribution in [1.29, 1.82) is 0 Å². The zero-order valence-corrected chi connectivity index (χ0v) is 12.2. The van der Waals surface area contributed by atoms with Crippen molar-refractivity contribution in [1.82, 2.24) is 5.32 Å². The highest BCUT2D eigenvalue weighted by molar-refractivity contribution is 7.12. The van der Waals surface area contributed by atoms with Gasteiger partial charge in [-0.1, -0.05) is 6.42 Å². The van der Waals surface area contributed by atoms with E-state index in [4.69, 9.17) is 5.11 Å². The number of nitrogens with one attached hydrogen (secondary N) is 1. The van der Waals surface area contributed by atoms with Gasteiger partial charge >= 0.3 is 5.97 Å². The van der Waals surface area contributed by atoms with Gasteiger partial charge in [-0.3, -0.25) is 9.59 Å². The summed E-state index contributed by atoms with van der Waals surface area (Å²) >= 11 is 1.78. The Kier molecular flexibility index (Phi) is 3.78. The second kappa shape index (κ2) is 5.56. The molecule has 2 aliphatic carbocycles. The van der Waals surface area contributed by atoms with E-state index in [1.807, 2.05) is 0 Å². The van der Waals surface area contributed by atoms with Gasteiger partial charge in [0.25, 0.3) is 0 Å². The van der Waals surface area contributed by atoms with Crippen LogP contribution in [0.2, 0.25) is 0 Å². The Morgan fingerprint density at radius 1 is 1.25 bits per heavy atom. The lowest BCUT2D eigenvalue weighted by molar-refractivity contribution is -0.146. The Morgan fingerprint density at radius 2 is 2.05 bits per heavy atom. The van der Waals surface area contributed by atoms with Crippen LogP contribution in [0.15, 0.2) is 6.07 Å². The van der Waals surface area contributed by atoms with Gasteiger partial charge in [0, 0.05) is 9.75 Å². The molecule has 1 amide bonds. The van der Waals surface area contributed by atoms with E-state index in [9.17, 15) is 9.59 Å². The fourth-order valence-corrected chi connectivity index (χ4v) is 4.55. The van der Waals surface area contributed by atoms with E-state index in [1.54, 1.807) is 11.3 Å². The first-order valence-corrected chi connectivity index (χ1v) is 8.08. The highest BCUT2D eigenvalue weighted by atomic mass is 32.1. The largest absolute Gasteiger partial charge is 0.481 e. The molecule has 0 unspecified atom stereocenters. The fourth-order valence-electron chi connectivity index (χ4n) is 3.35. The minimum atomic E-state index is -0.835. The van der Waals surface area contributed by atoms with Gasteiger partial charge < -0.3 is 10.4 Å². The molecule has 0 spiro atoms. The van der Waals surface area contributed by atoms with Crippen LogP contribution in [0.25, 0.3) is 0 Å². The van der Waals surface area contributed by atoms with Crippen LogP contribution in [0.3, 0.4) is 0 Å². The van der Waals surface area contributed by atoms with Crippen LogP contribution >= 0.6 is 11.3 Å². The molecule has 1 saturated carbocycles. The molecule has 0 radical (unpaired) electrons. The van der Waals surface area contributed by atoms with Crippen LogP contribution in [0.5, 0.6) is 0 Å². The average Bonchev–Trinajstić information content (AvgIpc) is 3.10. The van der Waals surface area contributed by atoms with Gasteiger partial charge in [-0.2, -0.15) is 0 Å². The first-order chi connectivity index (χ1) is 9.65. The van der Waals surface area contributed by atoms with Gasteiger partial charge in [0.2, 0.25) is 5.91 Å². The molecule has 0 aromatic carbocycles. The maximum Gasteiger partial charge on any atom is 0.307 e. The average molecular weight is 293 g/mol. The molecule has 5 heteroatoms. The molecule has 0 bridgehead atoms. The van der Waals surface area contributed by atoms with Crippen molar-refractivity contribution in [2.75, 3.05) is 0 Å². The number of carbonyl (C=O) groups is 2. The molecule has 1 fully saturated rings. The van der Waals surface area contributed by atoms with Gasteiger partial charge in [-0.05, 0) is 43.7 Å². The third kappa shape index (κ3) is 2.59. The number of thiophene rings is 1. The molecule has 1 heterocycles. The molecule has 2 atom stereocenters. The van der Waals surface area contributed by atoms with Crippen LogP contribution in [0.1, 0.15) is 41.0 Å². The third-order valence-corrected chi connectivity index (χ3v) is 5.64. The summed E-state index contributed by atoms with van der Waals surface area (Å²) in [5.41, 5.74) is 1.43. The number of aliphatic carboxylic acids is 1. The quantitative estimate of drug-likeness (QED) is 0.895. The van der Waals surface area contributed by atoms with E-state index >= 15 is 0 Å². The van der Waals surface area contributed by atoms with Gasteiger partial charge in [0.05, 0.1) is 18.4 Å². The van der Waals surface area contributed by atoms with E-state index in [0.29, 0.717) is 19.4 Å². The summed E-state index contributed by atoms with van der Waals surface area (Å²) in [5, 5.41) is 12.0. The monoisotopic (exact) mass is 293 g/mol. The lowest BCUT2D eigenvalue weighted by Gasteiger charge is -2.15. The smallest absolute Gasteiger partial charge is 0.307 e. The predicted octanol–water partition coefficient (Wildman–Crippen LogP) is 2.35. The molecule has 1 aromatic heterocycles. The molecular weight excluding hydrogens is 274 g/mol. The molecule has 0 saturated heterocycles. The van der Waals surface area contributed by atoms with E-state index in [-0.39, 0.29) is 11.8 Å². The number of carboxylic acid groups (broad SMARTS) is 1. The second-order valence-electron chi connectivity index (χ2n) is 5.71. The van der Waals surface area contributed by atoms with Crippen molar-refractivity contribution in [3.8, 4) is 0 Å². The fraction of sp³-hybridized carbons (Fsp3) is 0.600. The van der Waals surface area contributed by atoms with Crippen molar-refractivity contribution in [2.24, 2.45) is 11.8 Å². The van der Waals surface area contributed by atoms with Crippen molar-refractivity contribution < 1.29 is 14.7 Å². The minimum absolute atomic E-state index is 0.0940. The number of rotatable bonds is 4. The zero-order valence-electron chi connectivity index (χ0n) is 11.4. The first kappa shape index (κ1) is 13.6. The summed E-state index contributed by atoms with van der Waals surface area (Å²) in [6.07, 6.45) is 5.73. The van der Waals surface area contributed by atoms with E-state index in [2.05, 4.69) is 11.4 Å². The number of aryl methyl sites for hydroxylation is 2. The topological polar surface area (TPSA) is 66.4 Å². The van der Waals surface area contributed by atoms with Crippen molar-refractivity contribution in [2.45, 2.75) is 45.1 Å². The van der Waals surface area contributed by atoms with Gasteiger partial charge in [-0.15, -0.1) is 11.3 Å². The number of fused-ring (bicyclic) bond motifs is 1. The maximum atomic E-state index is 12.1. The Bertz CT molecular complexity index is 516. The standard InChI is InChI=1S/C15H19NO3S/c17-14(11-4-2-5-12(11)15(18)19)16-8-10-7-9-3-1-6-13(9)20-10/h7,11-12H,1-6,8H2,(H,16,17)(H,18,19)/t11-,12+/m1/s1. The van der Waals surface area contributed by atoms with E-state index in [1.165, 1.54) is 21.7 Å². The molecule has 2 N–H and O–H groups in total. The number of carbonyl (C=O) groups excluding carboxylic acids is 1. The Balaban J connectivity index is 1.57. The summed E-state index contributed by atoms with van der Waals surface area (Å²) in [5.74, 6) is -1.77. The van der Waals surface area contributed by atoms with Crippen LogP contribution in [-0.4, -0.2) is 17.0 Å². The summed E-state index contributed by atoms with van der Waals surface area (Å²) < 4.78 is 0. The first-order valence-electron chi connectivity index (χ1n) is 7.26. The van der Waals surface area contributed by atoms with Crippen LogP contribution < -0.4 is 5.32 Å². The third-order valence-electron chi connectivity index (χ3n) is 4.40. The molecule has 108 valence electrons. The predicted molar refractivity (Wildman–Crippen MR) is 76.7 cm³/mol. The number of hydrogen-bond acceptors (Lipinski definition) is 3. The van der Waals surface area contributed by atoms with Crippen LogP contribution in [0.4, 0.5) is 0 Å². The van der Waals surface area contributed by atoms with E-state index in [0.717, 1.165) is 19.3 Å². The highest BCUT2D eigenvalue weighted by Gasteiger charge is 2.37. The molecule has 4 nitrogen and oxygen atoms in total. The Morgan fingerprint density at radius 3 is 2.80 bits per heavy atom. The van der Waals surface area contributed by atoms with Crippen molar-refractivity contribution in [3.63, 3.8) is 0 Å². The number of hydrogen-bond donors (Lipinski definition) is 2. The highest BCUT2D eigenvalue weighted by Crippen LogP contribution is 2.33. The van der Waals surface area contributed by atoms with Gasteiger partial charge in [-0.25, -0.2) is 0 Å². The molecule has 1 aromatic rings. The summed E-state index contributed by atoms with van der Waals surface area (Å²) in [7, 11) is 0. The Labute approximate surface area is 122 Å². The lowest BCUT2D eigenvalue weighted by Crippen LogP contribution is -2.34. The maximum absolute atomic E-state index is 12.1. The minimum Gasteiger partial charge on any atom is -0.481 e. The van der Waals surface area contributed by atoms with Crippen LogP contribution in [-0.2, 0) is 29.0 Å². The molecule has 20 heavy (non-hydrogen) atoms. The second-order valence-corrected chi connectivity index (χ2v) is 6.94. The van der Waals surface area contributed by atoms with Gasteiger partial charge in [0.15, 0.2) is 0 Å². The lowest BCUT2D eigenvalue weighted by atomic mass is 9.95. The van der Waals surface area contributed by atoms with Crippen LogP contribution in [0, 0.1) is 11.8 Å². The summed E-state index contributed by atoms with van der Waals surface area (Å²) in [4.78, 5) is 25.9. The zero-order chi connectivity index (χ0) is 14.1.